The third-order valence-corrected chi connectivity index (χ3v) is 2.73. The topological polar surface area (TPSA) is 0 Å². The fourth-order valence-corrected chi connectivity index (χ4v) is 1.88. The summed E-state index contributed by atoms with van der Waals surface area (Å²) in [6.45, 7) is 9.03. The summed E-state index contributed by atoms with van der Waals surface area (Å²) in [4.78, 5) is 0. The summed E-state index contributed by atoms with van der Waals surface area (Å²) < 4.78 is 49.8. The standard InChI is InChI=1S/C14H22F4/c1-6-12(10(4)7-9(2)3)8-11(5)13(15)14(16,17)18/h8-9,13H,6-7H2,1-5H3/b11-8+,12-10-. The van der Waals surface area contributed by atoms with Crippen LogP contribution in [-0.2, 0) is 0 Å². The van der Waals surface area contributed by atoms with Crippen LogP contribution in [0.3, 0.4) is 0 Å². The predicted molar refractivity (Wildman–Crippen MR) is 67.2 cm³/mol. The first-order valence-corrected chi connectivity index (χ1v) is 6.17. The Kier molecular flexibility index (Phi) is 6.64. The maximum atomic E-state index is 13.1. The van der Waals surface area contributed by atoms with Gasteiger partial charge in [-0.05, 0) is 43.8 Å². The van der Waals surface area contributed by atoms with Gasteiger partial charge in [0.2, 0.25) is 6.17 Å². The molecule has 0 aromatic rings. The van der Waals surface area contributed by atoms with Crippen molar-refractivity contribution < 1.29 is 17.6 Å². The van der Waals surface area contributed by atoms with Crippen LogP contribution >= 0.6 is 0 Å². The molecule has 0 aliphatic carbocycles. The molecular formula is C14H22F4. The summed E-state index contributed by atoms with van der Waals surface area (Å²) in [6.07, 6.45) is -4.91. The number of alkyl halides is 4. The van der Waals surface area contributed by atoms with Gasteiger partial charge in [-0.15, -0.1) is 0 Å². The van der Waals surface area contributed by atoms with Crippen molar-refractivity contribution in [3.63, 3.8) is 0 Å². The van der Waals surface area contributed by atoms with Gasteiger partial charge in [0.1, 0.15) is 0 Å². The summed E-state index contributed by atoms with van der Waals surface area (Å²) in [5, 5.41) is 0. The maximum absolute atomic E-state index is 13.1. The van der Waals surface area contributed by atoms with E-state index in [1.54, 1.807) is 0 Å². The summed E-state index contributed by atoms with van der Waals surface area (Å²) in [5.41, 5.74) is 1.55. The minimum atomic E-state index is -4.81. The molecule has 0 aromatic carbocycles. The van der Waals surface area contributed by atoms with E-state index >= 15 is 0 Å². The molecule has 1 atom stereocenters. The van der Waals surface area contributed by atoms with Crippen molar-refractivity contribution in [1.82, 2.24) is 0 Å². The highest BCUT2D eigenvalue weighted by Crippen LogP contribution is 2.29. The van der Waals surface area contributed by atoms with Crippen molar-refractivity contribution in [2.45, 2.75) is 59.8 Å². The van der Waals surface area contributed by atoms with Crippen LogP contribution in [0.5, 0.6) is 0 Å². The highest BCUT2D eigenvalue weighted by atomic mass is 19.4. The van der Waals surface area contributed by atoms with Gasteiger partial charge < -0.3 is 0 Å². The monoisotopic (exact) mass is 266 g/mol. The maximum Gasteiger partial charge on any atom is 0.423 e. The highest BCUT2D eigenvalue weighted by molar-refractivity contribution is 5.29. The van der Waals surface area contributed by atoms with Crippen molar-refractivity contribution >= 4 is 0 Å². The van der Waals surface area contributed by atoms with Crippen LogP contribution in [0.1, 0.15) is 47.5 Å². The lowest BCUT2D eigenvalue weighted by Crippen LogP contribution is -2.25. The number of hydrogen-bond acceptors (Lipinski definition) is 0. The second kappa shape index (κ2) is 6.95. The molecule has 0 saturated carbocycles. The van der Waals surface area contributed by atoms with E-state index in [1.165, 1.54) is 13.0 Å². The van der Waals surface area contributed by atoms with E-state index in [4.69, 9.17) is 0 Å². The van der Waals surface area contributed by atoms with Gasteiger partial charge in [0.25, 0.3) is 0 Å². The average Bonchev–Trinajstić information content (AvgIpc) is 2.21. The molecule has 0 spiro atoms. The zero-order valence-corrected chi connectivity index (χ0v) is 11.7. The first-order valence-electron chi connectivity index (χ1n) is 6.17. The SMILES string of the molecule is CCC(/C=C(\C)C(F)C(F)(F)F)=C(\C)CC(C)C. The smallest absolute Gasteiger partial charge is 0.233 e. The van der Waals surface area contributed by atoms with Crippen molar-refractivity contribution in [1.29, 1.82) is 0 Å². The Labute approximate surface area is 107 Å². The Hall–Kier alpha value is -0.800. The van der Waals surface area contributed by atoms with Crippen LogP contribution in [0, 0.1) is 5.92 Å². The molecule has 0 fully saturated rings. The molecular weight excluding hydrogens is 244 g/mol. The Balaban J connectivity index is 5.11. The van der Waals surface area contributed by atoms with E-state index in [0.717, 1.165) is 17.6 Å². The zero-order chi connectivity index (χ0) is 14.5. The summed E-state index contributed by atoms with van der Waals surface area (Å²) >= 11 is 0. The van der Waals surface area contributed by atoms with Gasteiger partial charge >= 0.3 is 6.18 Å². The Morgan fingerprint density at radius 2 is 1.67 bits per heavy atom. The van der Waals surface area contributed by atoms with Crippen molar-refractivity contribution in [2.75, 3.05) is 0 Å². The normalized spacial score (nSPS) is 16.9. The average molecular weight is 266 g/mol. The largest absolute Gasteiger partial charge is 0.423 e. The predicted octanol–water partition coefficient (Wildman–Crippen LogP) is 5.61. The lowest BCUT2D eigenvalue weighted by atomic mass is 9.96. The van der Waals surface area contributed by atoms with Gasteiger partial charge in [0, 0.05) is 0 Å². The van der Waals surface area contributed by atoms with Gasteiger partial charge in [-0.3, -0.25) is 0 Å². The zero-order valence-electron chi connectivity index (χ0n) is 11.7. The molecule has 0 nitrogen and oxygen atoms in total. The molecule has 0 aliphatic heterocycles. The molecule has 0 bridgehead atoms. The molecule has 4 heteroatoms. The third kappa shape index (κ3) is 5.69. The molecule has 0 aliphatic rings. The van der Waals surface area contributed by atoms with Crippen molar-refractivity contribution in [3.05, 3.63) is 22.8 Å². The van der Waals surface area contributed by atoms with Crippen molar-refractivity contribution in [2.24, 2.45) is 5.92 Å². The van der Waals surface area contributed by atoms with Crippen molar-refractivity contribution in [3.8, 4) is 0 Å². The second-order valence-corrected chi connectivity index (χ2v) is 5.05. The fourth-order valence-electron chi connectivity index (χ4n) is 1.88. The Bertz CT molecular complexity index is 321. The molecule has 0 aromatic heterocycles. The molecule has 0 radical (unpaired) electrons. The number of rotatable bonds is 5. The molecule has 18 heavy (non-hydrogen) atoms. The Morgan fingerprint density at radius 1 is 1.17 bits per heavy atom. The molecule has 0 amide bonds. The number of halogens is 4. The highest BCUT2D eigenvalue weighted by Gasteiger charge is 2.41. The van der Waals surface area contributed by atoms with Gasteiger partial charge in [-0.1, -0.05) is 32.4 Å². The van der Waals surface area contributed by atoms with Crippen LogP contribution in [0.4, 0.5) is 17.6 Å². The van der Waals surface area contributed by atoms with E-state index in [-0.39, 0.29) is 5.57 Å². The lowest BCUT2D eigenvalue weighted by molar-refractivity contribution is -0.169. The van der Waals surface area contributed by atoms with Crippen LogP contribution in [0.2, 0.25) is 0 Å². The van der Waals surface area contributed by atoms with E-state index in [0.29, 0.717) is 12.3 Å². The first-order chi connectivity index (χ1) is 8.09. The van der Waals surface area contributed by atoms with Crippen LogP contribution < -0.4 is 0 Å². The molecule has 106 valence electrons. The van der Waals surface area contributed by atoms with E-state index in [9.17, 15) is 17.6 Å². The van der Waals surface area contributed by atoms with Gasteiger partial charge in [-0.25, -0.2) is 4.39 Å². The molecule has 0 N–H and O–H groups in total. The molecule has 0 saturated heterocycles. The van der Waals surface area contributed by atoms with Gasteiger partial charge in [-0.2, -0.15) is 13.2 Å². The molecule has 0 heterocycles. The molecule has 0 rings (SSSR count). The second-order valence-electron chi connectivity index (χ2n) is 5.05. The van der Waals surface area contributed by atoms with E-state index in [1.807, 2.05) is 27.7 Å². The fraction of sp³-hybridized carbons (Fsp3) is 0.714. The quantitative estimate of drug-likeness (QED) is 0.448. The van der Waals surface area contributed by atoms with E-state index < -0.39 is 12.3 Å². The van der Waals surface area contributed by atoms with Gasteiger partial charge in [0.05, 0.1) is 0 Å². The van der Waals surface area contributed by atoms with Crippen LogP contribution in [0.25, 0.3) is 0 Å². The number of allylic oxidation sites excluding steroid dienone is 4. The summed E-state index contributed by atoms with van der Waals surface area (Å²) in [6, 6.07) is 0. The number of hydrogen-bond donors (Lipinski definition) is 0. The van der Waals surface area contributed by atoms with Gasteiger partial charge in [0.15, 0.2) is 0 Å². The van der Waals surface area contributed by atoms with Crippen LogP contribution in [-0.4, -0.2) is 12.3 Å². The third-order valence-electron chi connectivity index (χ3n) is 2.73. The first kappa shape index (κ1) is 17.2. The lowest BCUT2D eigenvalue weighted by Gasteiger charge is -2.15. The Morgan fingerprint density at radius 3 is 2.00 bits per heavy atom. The summed E-state index contributed by atoms with van der Waals surface area (Å²) in [7, 11) is 0. The molecule has 1 unspecified atom stereocenters. The minimum absolute atomic E-state index is 0.276. The van der Waals surface area contributed by atoms with E-state index in [2.05, 4.69) is 0 Å². The summed E-state index contributed by atoms with van der Waals surface area (Å²) in [5.74, 6) is 0.434. The van der Waals surface area contributed by atoms with Crippen LogP contribution in [0.15, 0.2) is 22.8 Å². The minimum Gasteiger partial charge on any atom is -0.233 e.